The average Bonchev–Trinajstić information content (AvgIpc) is 2.43. The van der Waals surface area contributed by atoms with Crippen LogP contribution in [0.25, 0.3) is 0 Å². The summed E-state index contributed by atoms with van der Waals surface area (Å²) in [6.45, 7) is 5.55. The Morgan fingerprint density at radius 1 is 1.00 bits per heavy atom. The second-order valence-electron chi connectivity index (χ2n) is 6.15. The van der Waals surface area contributed by atoms with Crippen molar-refractivity contribution in [3.8, 4) is 17.2 Å². The number of methoxy groups -OCH3 is 1. The molecule has 4 heteroatoms. The first-order chi connectivity index (χ1) is 9.54. The Bertz CT molecular complexity index is 494. The van der Waals surface area contributed by atoms with E-state index in [1.165, 1.54) is 5.56 Å². The van der Waals surface area contributed by atoms with Crippen molar-refractivity contribution in [3.63, 3.8) is 0 Å². The van der Waals surface area contributed by atoms with Crippen LogP contribution >= 0.6 is 0 Å². The third-order valence-electron chi connectivity index (χ3n) is 4.04. The molecule has 0 fully saturated rings. The maximum absolute atomic E-state index is 6.42. The molecule has 1 aromatic rings. The lowest BCUT2D eigenvalue weighted by Crippen LogP contribution is -2.33. The van der Waals surface area contributed by atoms with Crippen molar-refractivity contribution >= 4 is 0 Å². The highest BCUT2D eigenvalue weighted by molar-refractivity contribution is 5.65. The zero-order valence-corrected chi connectivity index (χ0v) is 12.5. The SMILES string of the molecule is COc1c2c(c(C(C)(C)N)c3c1OCCC3)OCCC2. The second-order valence-corrected chi connectivity index (χ2v) is 6.15. The van der Waals surface area contributed by atoms with Crippen LogP contribution in [0.1, 0.15) is 43.4 Å². The molecule has 0 radical (unpaired) electrons. The predicted molar refractivity (Wildman–Crippen MR) is 77.8 cm³/mol. The molecule has 110 valence electrons. The minimum absolute atomic E-state index is 0.446. The van der Waals surface area contributed by atoms with E-state index in [2.05, 4.69) is 0 Å². The van der Waals surface area contributed by atoms with Crippen molar-refractivity contribution in [2.45, 2.75) is 45.1 Å². The van der Waals surface area contributed by atoms with Gasteiger partial charge in [0.2, 0.25) is 0 Å². The standard InChI is InChI=1S/C16H23NO3/c1-16(2,17)12-10-6-4-9-20-15(10)14(18-3)11-7-5-8-19-13(11)12/h4-9,17H2,1-3H3. The number of hydrogen-bond donors (Lipinski definition) is 1. The van der Waals surface area contributed by atoms with Gasteiger partial charge >= 0.3 is 0 Å². The molecular formula is C16H23NO3. The summed E-state index contributed by atoms with van der Waals surface area (Å²) >= 11 is 0. The van der Waals surface area contributed by atoms with Gasteiger partial charge in [0, 0.05) is 22.2 Å². The van der Waals surface area contributed by atoms with Crippen LogP contribution in [0.4, 0.5) is 0 Å². The summed E-state index contributed by atoms with van der Waals surface area (Å²) < 4.78 is 17.5. The van der Waals surface area contributed by atoms with Crippen LogP contribution in [0, 0.1) is 0 Å². The number of ether oxygens (including phenoxy) is 3. The molecule has 2 aliphatic rings. The van der Waals surface area contributed by atoms with Gasteiger partial charge in [-0.15, -0.1) is 0 Å². The lowest BCUT2D eigenvalue weighted by molar-refractivity contribution is 0.245. The van der Waals surface area contributed by atoms with Crippen LogP contribution in [0.2, 0.25) is 0 Å². The molecule has 2 heterocycles. The fourth-order valence-corrected chi connectivity index (χ4v) is 3.30. The normalized spacial score (nSPS) is 17.6. The minimum Gasteiger partial charge on any atom is -0.493 e. The lowest BCUT2D eigenvalue weighted by Gasteiger charge is -2.34. The zero-order chi connectivity index (χ0) is 14.3. The van der Waals surface area contributed by atoms with Crippen LogP contribution in [-0.2, 0) is 18.4 Å². The van der Waals surface area contributed by atoms with Gasteiger partial charge in [0.1, 0.15) is 5.75 Å². The molecule has 3 rings (SSSR count). The van der Waals surface area contributed by atoms with Gasteiger partial charge in [-0.05, 0) is 39.5 Å². The number of fused-ring (bicyclic) bond motifs is 2. The Morgan fingerprint density at radius 3 is 2.20 bits per heavy atom. The molecule has 4 nitrogen and oxygen atoms in total. The fourth-order valence-electron chi connectivity index (χ4n) is 3.30. The monoisotopic (exact) mass is 277 g/mol. The van der Waals surface area contributed by atoms with Crippen LogP contribution in [0.5, 0.6) is 17.2 Å². The smallest absolute Gasteiger partial charge is 0.167 e. The van der Waals surface area contributed by atoms with Crippen LogP contribution < -0.4 is 19.9 Å². The van der Waals surface area contributed by atoms with Gasteiger partial charge in [-0.3, -0.25) is 0 Å². The van der Waals surface area contributed by atoms with E-state index in [0.717, 1.165) is 67.3 Å². The fraction of sp³-hybridized carbons (Fsp3) is 0.625. The summed E-state index contributed by atoms with van der Waals surface area (Å²) in [6.07, 6.45) is 3.95. The van der Waals surface area contributed by atoms with Gasteiger partial charge in [-0.25, -0.2) is 0 Å². The Hall–Kier alpha value is -1.42. The average molecular weight is 277 g/mol. The van der Waals surface area contributed by atoms with Gasteiger partial charge in [-0.2, -0.15) is 0 Å². The summed E-state index contributed by atoms with van der Waals surface area (Å²) in [6, 6.07) is 0. The highest BCUT2D eigenvalue weighted by Gasteiger charge is 2.34. The van der Waals surface area contributed by atoms with Crippen molar-refractivity contribution in [2.75, 3.05) is 20.3 Å². The highest BCUT2D eigenvalue weighted by Crippen LogP contribution is 2.50. The molecule has 0 spiro atoms. The van der Waals surface area contributed by atoms with Crippen LogP contribution in [-0.4, -0.2) is 20.3 Å². The van der Waals surface area contributed by atoms with E-state index in [1.54, 1.807) is 7.11 Å². The number of benzene rings is 1. The Morgan fingerprint density at radius 2 is 1.60 bits per heavy atom. The van der Waals surface area contributed by atoms with E-state index in [1.807, 2.05) is 13.8 Å². The van der Waals surface area contributed by atoms with Crippen molar-refractivity contribution in [1.29, 1.82) is 0 Å². The van der Waals surface area contributed by atoms with Crippen LogP contribution in [0.3, 0.4) is 0 Å². The molecule has 0 saturated heterocycles. The number of nitrogens with two attached hydrogens (primary N) is 1. The third kappa shape index (κ3) is 2.03. The van der Waals surface area contributed by atoms with Gasteiger partial charge in [0.15, 0.2) is 11.5 Å². The summed E-state index contributed by atoms with van der Waals surface area (Å²) in [5.41, 5.74) is 9.36. The summed E-state index contributed by atoms with van der Waals surface area (Å²) in [5, 5.41) is 0. The molecule has 2 N–H and O–H groups in total. The van der Waals surface area contributed by atoms with Crippen LogP contribution in [0.15, 0.2) is 0 Å². The summed E-state index contributed by atoms with van der Waals surface area (Å²) in [7, 11) is 1.70. The lowest BCUT2D eigenvalue weighted by atomic mass is 9.83. The number of hydrogen-bond acceptors (Lipinski definition) is 4. The van der Waals surface area contributed by atoms with E-state index >= 15 is 0 Å². The molecule has 0 aliphatic carbocycles. The third-order valence-corrected chi connectivity index (χ3v) is 4.04. The highest BCUT2D eigenvalue weighted by atomic mass is 16.5. The molecule has 0 saturated carbocycles. The molecule has 0 aromatic heterocycles. The van der Waals surface area contributed by atoms with Gasteiger partial charge < -0.3 is 19.9 Å². The van der Waals surface area contributed by atoms with E-state index < -0.39 is 5.54 Å². The first-order valence-corrected chi connectivity index (χ1v) is 7.34. The molecule has 0 bridgehead atoms. The molecule has 20 heavy (non-hydrogen) atoms. The van der Waals surface area contributed by atoms with Gasteiger partial charge in [-0.1, -0.05) is 0 Å². The molecule has 0 amide bonds. The molecule has 0 unspecified atom stereocenters. The van der Waals surface area contributed by atoms with E-state index in [9.17, 15) is 0 Å². The predicted octanol–water partition coefficient (Wildman–Crippen LogP) is 2.54. The van der Waals surface area contributed by atoms with Gasteiger partial charge in [0.05, 0.1) is 20.3 Å². The first kappa shape index (κ1) is 13.6. The second kappa shape index (κ2) is 4.85. The quantitative estimate of drug-likeness (QED) is 0.902. The Labute approximate surface area is 120 Å². The maximum atomic E-state index is 6.42. The largest absolute Gasteiger partial charge is 0.493 e. The van der Waals surface area contributed by atoms with Crippen molar-refractivity contribution in [3.05, 3.63) is 16.7 Å². The topological polar surface area (TPSA) is 53.7 Å². The van der Waals surface area contributed by atoms with Crippen molar-refractivity contribution in [2.24, 2.45) is 5.73 Å². The summed E-state index contributed by atoms with van der Waals surface area (Å²) in [5.74, 6) is 2.67. The molecular weight excluding hydrogens is 254 g/mol. The number of rotatable bonds is 2. The Kier molecular flexibility index (Phi) is 3.28. The maximum Gasteiger partial charge on any atom is 0.167 e. The first-order valence-electron chi connectivity index (χ1n) is 7.34. The Balaban J connectivity index is 2.32. The summed E-state index contributed by atoms with van der Waals surface area (Å²) in [4.78, 5) is 0. The van der Waals surface area contributed by atoms with E-state index in [-0.39, 0.29) is 0 Å². The molecule has 0 atom stereocenters. The minimum atomic E-state index is -0.446. The van der Waals surface area contributed by atoms with E-state index in [0.29, 0.717) is 0 Å². The van der Waals surface area contributed by atoms with Gasteiger partial charge in [0.25, 0.3) is 0 Å². The zero-order valence-electron chi connectivity index (χ0n) is 12.5. The van der Waals surface area contributed by atoms with Crippen molar-refractivity contribution < 1.29 is 14.2 Å². The molecule has 1 aromatic carbocycles. The molecule has 2 aliphatic heterocycles. The van der Waals surface area contributed by atoms with E-state index in [4.69, 9.17) is 19.9 Å². The van der Waals surface area contributed by atoms with Crippen molar-refractivity contribution in [1.82, 2.24) is 0 Å².